The van der Waals surface area contributed by atoms with Crippen LogP contribution in [0.5, 0.6) is 5.75 Å². The highest BCUT2D eigenvalue weighted by Crippen LogP contribution is 2.43. The SMILES string of the molecule is COc1ccc(C2=CC(c3ccccc3)=CC(C)=S2O[Cl+3]([O-])([O-])[O-])cc1. The number of halogens is 1. The van der Waals surface area contributed by atoms with Crippen molar-refractivity contribution in [3.63, 3.8) is 0 Å². The summed E-state index contributed by atoms with van der Waals surface area (Å²) in [5.41, 5.74) is 2.67. The number of rotatable bonds is 5. The van der Waals surface area contributed by atoms with Crippen LogP contribution in [0.15, 0.2) is 66.7 Å². The molecule has 0 aliphatic carbocycles. The fourth-order valence-electron chi connectivity index (χ4n) is 2.59. The van der Waals surface area contributed by atoms with E-state index in [1.165, 1.54) is 0 Å². The monoisotopic (exact) mass is 392 g/mol. The van der Waals surface area contributed by atoms with Gasteiger partial charge in [0.25, 0.3) is 0 Å². The Bertz CT molecular complexity index is 880. The molecule has 136 valence electrons. The van der Waals surface area contributed by atoms with E-state index in [0.717, 1.165) is 16.7 Å². The quantitative estimate of drug-likeness (QED) is 0.718. The third kappa shape index (κ3) is 4.42. The van der Waals surface area contributed by atoms with Crippen molar-refractivity contribution in [2.45, 2.75) is 6.92 Å². The lowest BCUT2D eigenvalue weighted by atomic mass is 10.0. The molecule has 0 radical (unpaired) electrons. The molecule has 0 bridgehead atoms. The molecule has 1 unspecified atom stereocenters. The molecule has 2 aromatic carbocycles. The van der Waals surface area contributed by atoms with Crippen molar-refractivity contribution in [1.29, 1.82) is 0 Å². The predicted octanol–water partition coefficient (Wildman–Crippen LogP) is 1.42. The molecule has 0 saturated heterocycles. The minimum absolute atomic E-state index is 0.624. The van der Waals surface area contributed by atoms with Gasteiger partial charge in [-0.05, 0) is 47.9 Å². The summed E-state index contributed by atoms with van der Waals surface area (Å²) in [5.74, 6) is 0.681. The Morgan fingerprint density at radius 1 is 0.846 bits per heavy atom. The molecular formula is C19H17ClO5S. The molecule has 2 aromatic rings. The maximum atomic E-state index is 11.2. The lowest BCUT2D eigenvalue weighted by Crippen LogP contribution is -2.60. The Hall–Kier alpha value is -1.93. The molecule has 0 amide bonds. The van der Waals surface area contributed by atoms with Crippen LogP contribution < -0.4 is 18.7 Å². The zero-order chi connectivity index (χ0) is 18.7. The fraction of sp³-hybridized carbons (Fsp3) is 0.105. The zero-order valence-electron chi connectivity index (χ0n) is 14.2. The number of allylic oxidation sites excluding steroid dienone is 3. The van der Waals surface area contributed by atoms with E-state index in [4.69, 9.17) is 8.47 Å². The molecular weight excluding hydrogens is 376 g/mol. The maximum Gasteiger partial charge on any atom is 0.143 e. The van der Waals surface area contributed by atoms with Crippen LogP contribution in [0.1, 0.15) is 18.1 Å². The van der Waals surface area contributed by atoms with Crippen molar-refractivity contribution in [1.82, 2.24) is 0 Å². The van der Waals surface area contributed by atoms with Crippen LogP contribution in [-0.2, 0) is 3.74 Å². The summed E-state index contributed by atoms with van der Waals surface area (Å²) >= 11 is 0. The molecule has 1 heterocycles. The number of benzene rings is 2. The topological polar surface area (TPSA) is 87.6 Å². The minimum Gasteiger partial charge on any atom is -0.497 e. The second-order valence-corrected chi connectivity index (χ2v) is 8.40. The van der Waals surface area contributed by atoms with Crippen molar-refractivity contribution < 1.29 is 32.7 Å². The van der Waals surface area contributed by atoms with Gasteiger partial charge in [0.05, 0.1) is 22.3 Å². The van der Waals surface area contributed by atoms with Gasteiger partial charge >= 0.3 is 0 Å². The Kier molecular flexibility index (Phi) is 5.62. The van der Waals surface area contributed by atoms with E-state index in [2.05, 4.69) is 0 Å². The van der Waals surface area contributed by atoms with Gasteiger partial charge in [0.2, 0.25) is 0 Å². The lowest BCUT2D eigenvalue weighted by Gasteiger charge is -2.20. The van der Waals surface area contributed by atoms with Crippen molar-refractivity contribution in [2.75, 3.05) is 7.11 Å². The molecule has 5 nitrogen and oxygen atoms in total. The summed E-state index contributed by atoms with van der Waals surface area (Å²) in [6.45, 7) is 1.75. The number of ether oxygens (including phenoxy) is 1. The fourth-order valence-corrected chi connectivity index (χ4v) is 5.04. The molecule has 0 aromatic heterocycles. The van der Waals surface area contributed by atoms with Crippen LogP contribution in [0, 0.1) is 10.2 Å². The van der Waals surface area contributed by atoms with Gasteiger partial charge < -0.3 is 4.74 Å². The first-order valence-electron chi connectivity index (χ1n) is 7.69. The summed E-state index contributed by atoms with van der Waals surface area (Å²) in [6.07, 6.45) is 3.69. The highest BCUT2D eigenvalue weighted by molar-refractivity contribution is 8.20. The second kappa shape index (κ2) is 7.75. The van der Waals surface area contributed by atoms with Crippen LogP contribution in [0.3, 0.4) is 0 Å². The largest absolute Gasteiger partial charge is 0.497 e. The first-order valence-corrected chi connectivity index (χ1v) is 10.1. The van der Waals surface area contributed by atoms with Crippen molar-refractivity contribution >= 4 is 26.1 Å². The van der Waals surface area contributed by atoms with Crippen molar-refractivity contribution in [2.24, 2.45) is 0 Å². The molecule has 0 spiro atoms. The van der Waals surface area contributed by atoms with Gasteiger partial charge in [0, 0.05) is 4.86 Å². The third-order valence-electron chi connectivity index (χ3n) is 3.76. The predicted molar refractivity (Wildman–Crippen MR) is 94.7 cm³/mol. The van der Waals surface area contributed by atoms with Gasteiger partial charge in [-0.1, -0.05) is 42.5 Å². The van der Waals surface area contributed by atoms with E-state index in [9.17, 15) is 14.0 Å². The van der Waals surface area contributed by atoms with E-state index in [1.54, 1.807) is 26.2 Å². The number of methoxy groups -OCH3 is 1. The molecule has 0 N–H and O–H groups in total. The van der Waals surface area contributed by atoms with Crippen LogP contribution in [0.25, 0.3) is 10.5 Å². The van der Waals surface area contributed by atoms with Crippen LogP contribution >= 0.6 is 10.8 Å². The first-order chi connectivity index (χ1) is 12.4. The molecule has 1 aliphatic heterocycles. The smallest absolute Gasteiger partial charge is 0.143 e. The Morgan fingerprint density at radius 2 is 1.50 bits per heavy atom. The van der Waals surface area contributed by atoms with Crippen molar-refractivity contribution in [3.05, 3.63) is 77.9 Å². The van der Waals surface area contributed by atoms with Gasteiger partial charge in [-0.25, -0.2) is 0 Å². The zero-order valence-corrected chi connectivity index (χ0v) is 15.8. The van der Waals surface area contributed by atoms with E-state index in [1.807, 2.05) is 54.6 Å². The molecule has 3 rings (SSSR count). The summed E-state index contributed by atoms with van der Waals surface area (Å²) in [4.78, 5) is 1.28. The van der Waals surface area contributed by atoms with Gasteiger partial charge in [0.1, 0.15) is 20.3 Å². The Balaban J connectivity index is 2.11. The molecule has 0 saturated carbocycles. The molecule has 26 heavy (non-hydrogen) atoms. The minimum atomic E-state index is -4.55. The Morgan fingerprint density at radius 3 is 2.08 bits per heavy atom. The highest BCUT2D eigenvalue weighted by Gasteiger charge is 2.29. The van der Waals surface area contributed by atoms with E-state index in [0.29, 0.717) is 15.5 Å². The van der Waals surface area contributed by atoms with Crippen LogP contribution in [0.4, 0.5) is 0 Å². The Labute approximate surface area is 156 Å². The van der Waals surface area contributed by atoms with E-state index >= 15 is 0 Å². The standard InChI is InChI=1S/C19H17ClO5S/c1-14-12-17(15-6-4-3-5-7-15)13-19(26(14)25-20(21,22)23)16-8-10-18(24-2)11-9-16/h3-13H,1-2H3. The van der Waals surface area contributed by atoms with Crippen LogP contribution in [0.2, 0.25) is 0 Å². The molecule has 0 fully saturated rings. The summed E-state index contributed by atoms with van der Waals surface area (Å²) in [6, 6.07) is 16.9. The van der Waals surface area contributed by atoms with E-state index < -0.39 is 21.0 Å². The van der Waals surface area contributed by atoms with Gasteiger partial charge in [-0.2, -0.15) is 14.0 Å². The average Bonchev–Trinajstić information content (AvgIpc) is 2.63. The first kappa shape index (κ1) is 18.8. The lowest BCUT2D eigenvalue weighted by molar-refractivity contribution is -1.91. The number of hydrogen-bond donors (Lipinski definition) is 0. The van der Waals surface area contributed by atoms with E-state index in [-0.39, 0.29) is 0 Å². The average molecular weight is 393 g/mol. The van der Waals surface area contributed by atoms with Gasteiger partial charge in [0.15, 0.2) is 0 Å². The molecule has 1 atom stereocenters. The summed E-state index contributed by atoms with van der Waals surface area (Å²) in [7, 11) is -4.29. The molecule has 1 aliphatic rings. The summed E-state index contributed by atoms with van der Waals surface area (Å²) in [5, 5.41) is 0. The summed E-state index contributed by atoms with van der Waals surface area (Å²) < 4.78 is 43.6. The van der Waals surface area contributed by atoms with Gasteiger partial charge in [-0.3, -0.25) is 0 Å². The molecule has 7 heteroatoms. The van der Waals surface area contributed by atoms with Crippen LogP contribution in [-0.4, -0.2) is 12.0 Å². The van der Waals surface area contributed by atoms with Gasteiger partial charge in [-0.15, -0.1) is 0 Å². The normalized spacial score (nSPS) is 17.6. The maximum absolute atomic E-state index is 11.2. The highest BCUT2D eigenvalue weighted by atomic mass is 35.7. The third-order valence-corrected chi connectivity index (χ3v) is 6.34. The second-order valence-electron chi connectivity index (χ2n) is 5.52. The van der Waals surface area contributed by atoms with Crippen molar-refractivity contribution in [3.8, 4) is 5.75 Å². The number of hydrogen-bond acceptors (Lipinski definition) is 5.